The highest BCUT2D eigenvalue weighted by Crippen LogP contribution is 2.33. The van der Waals surface area contributed by atoms with Crippen LogP contribution in [0.2, 0.25) is 0 Å². The molecular weight excluding hydrogens is 160 g/mol. The molecule has 0 aromatic carbocycles. The highest BCUT2D eigenvalue weighted by atomic mass is 32.1. The van der Waals surface area contributed by atoms with Gasteiger partial charge in [-0.1, -0.05) is 6.08 Å². The van der Waals surface area contributed by atoms with Crippen LogP contribution in [0.15, 0.2) is 12.7 Å². The van der Waals surface area contributed by atoms with Crippen molar-refractivity contribution < 1.29 is 4.79 Å². The van der Waals surface area contributed by atoms with E-state index in [0.29, 0.717) is 6.54 Å². The minimum Gasteiger partial charge on any atom is -0.321 e. The summed E-state index contributed by atoms with van der Waals surface area (Å²) in [5.41, 5.74) is 5.52. The van der Waals surface area contributed by atoms with Gasteiger partial charge in [0.15, 0.2) is 0 Å². The van der Waals surface area contributed by atoms with E-state index in [4.69, 9.17) is 5.73 Å². The lowest BCUT2D eigenvalue weighted by molar-refractivity contribution is -0.149. The highest BCUT2D eigenvalue weighted by Gasteiger charge is 2.52. The van der Waals surface area contributed by atoms with Gasteiger partial charge >= 0.3 is 0 Å². The van der Waals surface area contributed by atoms with E-state index in [9.17, 15) is 4.79 Å². The molecule has 0 aliphatic carbocycles. The maximum absolute atomic E-state index is 11.1. The van der Waals surface area contributed by atoms with Crippen molar-refractivity contribution in [3.8, 4) is 0 Å². The van der Waals surface area contributed by atoms with E-state index in [0.717, 1.165) is 0 Å². The van der Waals surface area contributed by atoms with E-state index in [1.165, 1.54) is 0 Å². The normalized spacial score (nSPS) is 36.8. The molecule has 1 saturated heterocycles. The first kappa shape index (κ1) is 8.62. The van der Waals surface area contributed by atoms with Crippen molar-refractivity contribution in [3.05, 3.63) is 12.7 Å². The Hall–Kier alpha value is -0.480. The van der Waals surface area contributed by atoms with Gasteiger partial charge in [0.25, 0.3) is 0 Å². The Balaban J connectivity index is 2.68. The van der Waals surface area contributed by atoms with Gasteiger partial charge in [-0.05, 0) is 6.92 Å². The molecular formula is C7H12N2OS. The number of carbonyl (C=O) groups excluding carboxylic acids is 1. The summed E-state index contributed by atoms with van der Waals surface area (Å²) >= 11 is 4.26. The van der Waals surface area contributed by atoms with Crippen molar-refractivity contribution >= 4 is 18.5 Å². The summed E-state index contributed by atoms with van der Waals surface area (Å²) in [5.74, 6) is -0.0533. The largest absolute Gasteiger partial charge is 0.321 e. The molecule has 62 valence electrons. The monoisotopic (exact) mass is 172 g/mol. The molecule has 2 atom stereocenters. The number of amides is 1. The summed E-state index contributed by atoms with van der Waals surface area (Å²) in [6.07, 6.45) is 1.66. The van der Waals surface area contributed by atoms with Gasteiger partial charge in [0.1, 0.15) is 10.9 Å². The second kappa shape index (κ2) is 2.53. The Bertz CT molecular complexity index is 203. The fraction of sp³-hybridized carbons (Fsp3) is 0.571. The first-order valence-corrected chi connectivity index (χ1v) is 3.87. The molecule has 1 rings (SSSR count). The van der Waals surface area contributed by atoms with Crippen LogP contribution in [0.4, 0.5) is 0 Å². The molecule has 0 bridgehead atoms. The second-order valence-corrected chi connectivity index (χ2v) is 3.71. The van der Waals surface area contributed by atoms with E-state index < -0.39 is 10.9 Å². The van der Waals surface area contributed by atoms with Crippen LogP contribution in [0.3, 0.4) is 0 Å². The molecule has 3 nitrogen and oxygen atoms in total. The number of likely N-dealkylation sites (tertiary alicyclic amines) is 1. The fourth-order valence-electron chi connectivity index (χ4n) is 1.13. The summed E-state index contributed by atoms with van der Waals surface area (Å²) < 4.78 is 0. The van der Waals surface area contributed by atoms with Gasteiger partial charge in [-0.15, -0.1) is 19.2 Å². The quantitative estimate of drug-likeness (QED) is 0.349. The Morgan fingerprint density at radius 3 is 2.91 bits per heavy atom. The van der Waals surface area contributed by atoms with E-state index in [2.05, 4.69) is 19.2 Å². The Morgan fingerprint density at radius 2 is 2.55 bits per heavy atom. The molecule has 2 N–H and O–H groups in total. The van der Waals surface area contributed by atoms with E-state index in [-0.39, 0.29) is 5.91 Å². The molecule has 0 radical (unpaired) electrons. The number of nitrogens with two attached hydrogens (primary N) is 1. The van der Waals surface area contributed by atoms with Crippen LogP contribution in [0.25, 0.3) is 0 Å². The zero-order valence-corrected chi connectivity index (χ0v) is 7.34. The molecule has 11 heavy (non-hydrogen) atoms. The van der Waals surface area contributed by atoms with Crippen molar-refractivity contribution in [1.29, 1.82) is 0 Å². The van der Waals surface area contributed by atoms with Crippen molar-refractivity contribution in [2.75, 3.05) is 6.54 Å². The van der Waals surface area contributed by atoms with Crippen LogP contribution >= 0.6 is 12.6 Å². The first-order chi connectivity index (χ1) is 5.01. The smallest absolute Gasteiger partial charge is 0.244 e. The third kappa shape index (κ3) is 1.06. The van der Waals surface area contributed by atoms with Gasteiger partial charge < -0.3 is 10.6 Å². The number of hydrogen-bond acceptors (Lipinski definition) is 3. The van der Waals surface area contributed by atoms with Crippen LogP contribution in [0.5, 0.6) is 0 Å². The predicted octanol–water partition coefficient (Wildman–Crippen LogP) is -0.0121. The summed E-state index contributed by atoms with van der Waals surface area (Å²) in [6.45, 7) is 5.88. The van der Waals surface area contributed by atoms with E-state index in [1.807, 2.05) is 6.92 Å². The molecule has 0 aromatic rings. The maximum atomic E-state index is 11.1. The van der Waals surface area contributed by atoms with E-state index >= 15 is 0 Å². The second-order valence-electron chi connectivity index (χ2n) is 2.81. The Labute approximate surface area is 71.6 Å². The van der Waals surface area contributed by atoms with Gasteiger partial charge in [0, 0.05) is 6.54 Å². The average Bonchev–Trinajstić information content (AvgIpc) is 1.98. The summed E-state index contributed by atoms with van der Waals surface area (Å²) in [5, 5.41) is 0. The van der Waals surface area contributed by atoms with Crippen LogP contribution < -0.4 is 5.73 Å². The lowest BCUT2D eigenvalue weighted by atomic mass is 9.97. The number of rotatable bonds is 2. The number of carbonyl (C=O) groups is 1. The average molecular weight is 172 g/mol. The minimum atomic E-state index is -0.495. The van der Waals surface area contributed by atoms with Crippen molar-refractivity contribution in [2.45, 2.75) is 17.8 Å². The van der Waals surface area contributed by atoms with Crippen molar-refractivity contribution in [2.24, 2.45) is 5.73 Å². The van der Waals surface area contributed by atoms with Crippen LogP contribution in [0, 0.1) is 0 Å². The number of hydrogen-bond donors (Lipinski definition) is 2. The SMILES string of the molecule is C=CCN1C(=O)C(N)[C@]1(C)S. The van der Waals surface area contributed by atoms with Crippen LogP contribution in [-0.2, 0) is 4.79 Å². The molecule has 0 aromatic heterocycles. The van der Waals surface area contributed by atoms with Gasteiger partial charge in [0.05, 0.1) is 0 Å². The Kier molecular flexibility index (Phi) is 1.98. The Morgan fingerprint density at radius 1 is 2.00 bits per heavy atom. The fourth-order valence-corrected chi connectivity index (χ4v) is 1.42. The summed E-state index contributed by atoms with van der Waals surface area (Å²) in [6, 6.07) is -0.467. The molecule has 1 aliphatic heterocycles. The van der Waals surface area contributed by atoms with Gasteiger partial charge in [-0.3, -0.25) is 4.79 Å². The zero-order valence-electron chi connectivity index (χ0n) is 6.45. The number of thiol groups is 1. The molecule has 0 saturated carbocycles. The predicted molar refractivity (Wildman–Crippen MR) is 47.3 cm³/mol. The van der Waals surface area contributed by atoms with Gasteiger partial charge in [0.2, 0.25) is 5.91 Å². The van der Waals surface area contributed by atoms with Crippen molar-refractivity contribution in [1.82, 2.24) is 4.90 Å². The number of β-lactam (4-membered cyclic amide) rings is 1. The third-order valence-corrected chi connectivity index (χ3v) is 2.50. The molecule has 1 fully saturated rings. The molecule has 1 aliphatic rings. The lowest BCUT2D eigenvalue weighted by Gasteiger charge is -2.51. The summed E-state index contributed by atoms with van der Waals surface area (Å²) in [4.78, 5) is 12.2. The topological polar surface area (TPSA) is 46.3 Å². The molecule has 4 heteroatoms. The van der Waals surface area contributed by atoms with E-state index in [1.54, 1.807) is 11.0 Å². The number of nitrogens with zero attached hydrogens (tertiary/aromatic N) is 1. The standard InChI is InChI=1S/C7H12N2OS/c1-3-4-9-6(10)5(8)7(9,2)11/h3,5,11H,1,4,8H2,2H3/t5?,7-/m0/s1. The third-order valence-electron chi connectivity index (χ3n) is 1.98. The summed E-state index contributed by atoms with van der Waals surface area (Å²) in [7, 11) is 0. The van der Waals surface area contributed by atoms with Crippen LogP contribution in [0.1, 0.15) is 6.92 Å². The lowest BCUT2D eigenvalue weighted by Crippen LogP contribution is -2.73. The molecule has 1 amide bonds. The first-order valence-electron chi connectivity index (χ1n) is 3.42. The van der Waals surface area contributed by atoms with Crippen LogP contribution in [-0.4, -0.2) is 28.3 Å². The highest BCUT2D eigenvalue weighted by molar-refractivity contribution is 7.82. The zero-order chi connectivity index (χ0) is 8.65. The van der Waals surface area contributed by atoms with Gasteiger partial charge in [-0.25, -0.2) is 0 Å². The molecule has 1 heterocycles. The van der Waals surface area contributed by atoms with Gasteiger partial charge in [-0.2, -0.15) is 0 Å². The maximum Gasteiger partial charge on any atom is 0.244 e. The molecule has 1 unspecified atom stereocenters. The van der Waals surface area contributed by atoms with Crippen molar-refractivity contribution in [3.63, 3.8) is 0 Å². The molecule has 0 spiro atoms. The minimum absolute atomic E-state index is 0.0533.